The molecule has 0 heterocycles. The predicted octanol–water partition coefficient (Wildman–Crippen LogP) is 0.988. The number of nitrogens with two attached hydrogens (primary N) is 1. The maximum absolute atomic E-state index is 12.1. The normalized spacial score (nSPS) is 11.5. The monoisotopic (exact) mass is 266 g/mol. The molecule has 0 fully saturated rings. The fraction of sp³-hybridized carbons (Fsp3) is 0.333. The number of halogens is 2. The maximum Gasteiger partial charge on any atom is 0.355 e. The van der Waals surface area contributed by atoms with Crippen LogP contribution in [0.25, 0.3) is 0 Å². The first-order valence-electron chi connectivity index (χ1n) is 4.68. The van der Waals surface area contributed by atoms with Gasteiger partial charge in [0.15, 0.2) is 0 Å². The third-order valence-corrected chi connectivity index (χ3v) is 2.72. The number of benzene rings is 1. The van der Waals surface area contributed by atoms with E-state index >= 15 is 0 Å². The summed E-state index contributed by atoms with van der Waals surface area (Å²) in [6, 6.07) is 5.57. The third-order valence-electron chi connectivity index (χ3n) is 1.74. The zero-order valence-corrected chi connectivity index (χ0v) is 9.58. The zero-order chi connectivity index (χ0) is 12.9. The second-order valence-electron chi connectivity index (χ2n) is 3.07. The first-order chi connectivity index (χ1) is 7.95. The van der Waals surface area contributed by atoms with Crippen molar-refractivity contribution >= 4 is 15.7 Å². The van der Waals surface area contributed by atoms with Crippen molar-refractivity contribution in [1.29, 1.82) is 0 Å². The van der Waals surface area contributed by atoms with Gasteiger partial charge in [-0.05, 0) is 24.3 Å². The molecule has 0 saturated heterocycles. The molecule has 0 spiro atoms. The summed E-state index contributed by atoms with van der Waals surface area (Å²) < 4.78 is 52.7. The van der Waals surface area contributed by atoms with Crippen LogP contribution in [-0.4, -0.2) is 27.3 Å². The molecule has 0 amide bonds. The molecule has 0 radical (unpaired) electrons. The Morgan fingerprint density at radius 3 is 2.35 bits per heavy atom. The maximum atomic E-state index is 12.1. The van der Waals surface area contributed by atoms with Crippen molar-refractivity contribution in [2.24, 2.45) is 5.73 Å². The Kier molecular flexibility index (Phi) is 4.64. The smallest absolute Gasteiger partial charge is 0.355 e. The standard InChI is InChI=1S/C9H12F2N2O3S/c10-9(11)17(14,15)13-7-1-3-8(4-2-7)16-6-5-12/h1-4,9,13H,5-6,12H2. The lowest BCUT2D eigenvalue weighted by atomic mass is 10.3. The number of alkyl halides is 2. The van der Waals surface area contributed by atoms with Crippen molar-refractivity contribution in [1.82, 2.24) is 0 Å². The van der Waals surface area contributed by atoms with E-state index in [0.29, 0.717) is 18.9 Å². The van der Waals surface area contributed by atoms with Crippen molar-refractivity contribution in [3.8, 4) is 5.75 Å². The van der Waals surface area contributed by atoms with Crippen LogP contribution in [0.4, 0.5) is 14.5 Å². The van der Waals surface area contributed by atoms with Crippen LogP contribution in [0.2, 0.25) is 0 Å². The van der Waals surface area contributed by atoms with E-state index in [1.54, 1.807) is 4.72 Å². The van der Waals surface area contributed by atoms with Gasteiger partial charge in [0.05, 0.1) is 0 Å². The average molecular weight is 266 g/mol. The number of ether oxygens (including phenoxy) is 1. The van der Waals surface area contributed by atoms with Crippen LogP contribution < -0.4 is 15.2 Å². The highest BCUT2D eigenvalue weighted by Crippen LogP contribution is 2.18. The number of nitrogens with one attached hydrogen (secondary N) is 1. The topological polar surface area (TPSA) is 81.4 Å². The molecular weight excluding hydrogens is 254 g/mol. The van der Waals surface area contributed by atoms with Gasteiger partial charge in [0.1, 0.15) is 12.4 Å². The molecule has 1 rings (SSSR count). The van der Waals surface area contributed by atoms with Crippen LogP contribution >= 0.6 is 0 Å². The summed E-state index contributed by atoms with van der Waals surface area (Å²) in [4.78, 5) is 0. The van der Waals surface area contributed by atoms with Crippen molar-refractivity contribution in [3.63, 3.8) is 0 Å². The molecule has 0 unspecified atom stereocenters. The van der Waals surface area contributed by atoms with E-state index in [1.807, 2.05) is 0 Å². The van der Waals surface area contributed by atoms with E-state index in [-0.39, 0.29) is 5.69 Å². The molecule has 96 valence electrons. The van der Waals surface area contributed by atoms with Crippen LogP contribution in [0.3, 0.4) is 0 Å². The summed E-state index contributed by atoms with van der Waals surface area (Å²) in [5.41, 5.74) is 5.27. The molecule has 0 aliphatic heterocycles. The lowest BCUT2D eigenvalue weighted by Crippen LogP contribution is -2.20. The number of hydrogen-bond acceptors (Lipinski definition) is 4. The molecule has 17 heavy (non-hydrogen) atoms. The lowest BCUT2D eigenvalue weighted by Gasteiger charge is -2.08. The predicted molar refractivity (Wildman–Crippen MR) is 59.5 cm³/mol. The van der Waals surface area contributed by atoms with E-state index in [2.05, 4.69) is 0 Å². The van der Waals surface area contributed by atoms with Crippen LogP contribution in [-0.2, 0) is 10.0 Å². The highest BCUT2D eigenvalue weighted by Gasteiger charge is 2.23. The van der Waals surface area contributed by atoms with Crippen molar-refractivity contribution in [2.75, 3.05) is 17.9 Å². The number of sulfonamides is 1. The molecule has 8 heteroatoms. The summed E-state index contributed by atoms with van der Waals surface area (Å²) in [6.07, 6.45) is 0. The molecule has 1 aromatic carbocycles. The number of rotatable bonds is 6. The summed E-state index contributed by atoms with van der Waals surface area (Å²) in [5.74, 6) is -2.98. The van der Waals surface area contributed by atoms with Crippen molar-refractivity contribution < 1.29 is 21.9 Å². The van der Waals surface area contributed by atoms with E-state index in [0.717, 1.165) is 0 Å². The van der Waals surface area contributed by atoms with Gasteiger partial charge in [0.25, 0.3) is 10.0 Å². The van der Waals surface area contributed by atoms with Gasteiger partial charge in [-0.15, -0.1) is 0 Å². The van der Waals surface area contributed by atoms with E-state index in [4.69, 9.17) is 10.5 Å². The van der Waals surface area contributed by atoms with E-state index < -0.39 is 15.8 Å². The molecule has 0 saturated carbocycles. The Balaban J connectivity index is 2.69. The van der Waals surface area contributed by atoms with Crippen LogP contribution in [0.5, 0.6) is 5.75 Å². The van der Waals surface area contributed by atoms with Gasteiger partial charge in [0, 0.05) is 12.2 Å². The fourth-order valence-electron chi connectivity index (χ4n) is 1.00. The number of hydrogen-bond donors (Lipinski definition) is 2. The minimum atomic E-state index is -4.63. The fourth-order valence-corrected chi connectivity index (χ4v) is 1.56. The van der Waals surface area contributed by atoms with Crippen LogP contribution in [0.1, 0.15) is 0 Å². The molecule has 0 atom stereocenters. The van der Waals surface area contributed by atoms with Gasteiger partial charge in [-0.25, -0.2) is 8.42 Å². The summed E-state index contributed by atoms with van der Waals surface area (Å²) in [7, 11) is -4.63. The van der Waals surface area contributed by atoms with Crippen LogP contribution in [0.15, 0.2) is 24.3 Å². The Hall–Kier alpha value is -1.41. The SMILES string of the molecule is NCCOc1ccc(NS(=O)(=O)C(F)F)cc1. The van der Waals surface area contributed by atoms with Crippen molar-refractivity contribution in [3.05, 3.63) is 24.3 Å². The van der Waals surface area contributed by atoms with E-state index in [9.17, 15) is 17.2 Å². The third kappa shape index (κ3) is 4.16. The van der Waals surface area contributed by atoms with Gasteiger partial charge < -0.3 is 10.5 Å². The van der Waals surface area contributed by atoms with E-state index in [1.165, 1.54) is 24.3 Å². The highest BCUT2D eigenvalue weighted by molar-refractivity contribution is 7.93. The quantitative estimate of drug-likeness (QED) is 0.804. The Bertz CT molecular complexity index is 448. The zero-order valence-electron chi connectivity index (χ0n) is 8.77. The Morgan fingerprint density at radius 1 is 1.29 bits per heavy atom. The largest absolute Gasteiger partial charge is 0.492 e. The molecule has 3 N–H and O–H groups in total. The summed E-state index contributed by atoms with van der Waals surface area (Å²) in [6.45, 7) is 0.669. The minimum Gasteiger partial charge on any atom is -0.492 e. The van der Waals surface area contributed by atoms with Gasteiger partial charge >= 0.3 is 5.76 Å². The second kappa shape index (κ2) is 5.78. The molecular formula is C9H12F2N2O3S. The molecule has 0 aliphatic carbocycles. The highest BCUT2D eigenvalue weighted by atomic mass is 32.2. The van der Waals surface area contributed by atoms with Crippen LogP contribution in [0, 0.1) is 0 Å². The molecule has 0 bridgehead atoms. The molecule has 0 aliphatic rings. The van der Waals surface area contributed by atoms with Gasteiger partial charge in [-0.2, -0.15) is 8.78 Å². The molecule has 5 nitrogen and oxygen atoms in total. The van der Waals surface area contributed by atoms with Gasteiger partial charge in [-0.3, -0.25) is 4.72 Å². The van der Waals surface area contributed by atoms with Gasteiger partial charge in [-0.1, -0.05) is 0 Å². The Morgan fingerprint density at radius 2 is 1.88 bits per heavy atom. The lowest BCUT2D eigenvalue weighted by molar-refractivity contribution is 0.236. The molecule has 1 aromatic rings. The number of anilines is 1. The van der Waals surface area contributed by atoms with Crippen molar-refractivity contribution in [2.45, 2.75) is 5.76 Å². The molecule has 0 aromatic heterocycles. The Labute approximate surface area is 97.6 Å². The minimum absolute atomic E-state index is 0.0467. The first kappa shape index (κ1) is 13.7. The average Bonchev–Trinajstić information content (AvgIpc) is 2.27. The van der Waals surface area contributed by atoms with Gasteiger partial charge in [0.2, 0.25) is 0 Å². The second-order valence-corrected chi connectivity index (χ2v) is 4.72. The summed E-state index contributed by atoms with van der Waals surface area (Å²) >= 11 is 0. The summed E-state index contributed by atoms with van der Waals surface area (Å²) in [5, 5.41) is 0. The first-order valence-corrected chi connectivity index (χ1v) is 6.23.